The van der Waals surface area contributed by atoms with Crippen LogP contribution in [0.1, 0.15) is 85.0 Å². The first-order chi connectivity index (χ1) is 8.15. The van der Waals surface area contributed by atoms with Crippen LogP contribution in [0, 0.1) is 23.2 Å². The van der Waals surface area contributed by atoms with Crippen LogP contribution in [-0.2, 0) is 0 Å². The molecule has 2 aliphatic carbocycles. The van der Waals surface area contributed by atoms with Crippen molar-refractivity contribution in [3.8, 4) is 0 Å². The first-order valence-electron chi connectivity index (χ1n) is 8.15. The van der Waals surface area contributed by atoms with Gasteiger partial charge in [-0.3, -0.25) is 0 Å². The topological polar surface area (TPSA) is 0 Å². The van der Waals surface area contributed by atoms with E-state index in [1.807, 2.05) is 0 Å². The molecule has 17 heavy (non-hydrogen) atoms. The molecule has 0 nitrogen and oxygen atoms in total. The average Bonchev–Trinajstić information content (AvgIpc) is 2.93. The minimum atomic E-state index is 0.789. The van der Waals surface area contributed by atoms with E-state index in [0.717, 1.165) is 23.2 Å². The molecule has 0 amide bonds. The van der Waals surface area contributed by atoms with E-state index in [1.165, 1.54) is 51.4 Å². The van der Waals surface area contributed by atoms with Gasteiger partial charge in [0, 0.05) is 0 Å². The molecule has 0 heterocycles. The lowest BCUT2D eigenvalue weighted by atomic mass is 9.73. The lowest BCUT2D eigenvalue weighted by Gasteiger charge is -2.32. The highest BCUT2D eigenvalue weighted by molar-refractivity contribution is 5.04. The average molecular weight is 236 g/mol. The zero-order valence-corrected chi connectivity index (χ0v) is 12.3. The summed E-state index contributed by atoms with van der Waals surface area (Å²) in [5.41, 5.74) is 0.789. The minimum absolute atomic E-state index is 0.789. The Hall–Kier alpha value is 0. The summed E-state index contributed by atoms with van der Waals surface area (Å²) < 4.78 is 0. The van der Waals surface area contributed by atoms with E-state index in [2.05, 4.69) is 20.8 Å². The molecule has 2 rings (SSSR count). The second kappa shape index (κ2) is 5.76. The largest absolute Gasteiger partial charge is 0.0654 e. The third-order valence-corrected chi connectivity index (χ3v) is 5.65. The summed E-state index contributed by atoms with van der Waals surface area (Å²) in [6.45, 7) is 7.34. The van der Waals surface area contributed by atoms with Gasteiger partial charge in [-0.1, -0.05) is 65.7 Å². The van der Waals surface area contributed by atoms with Gasteiger partial charge in [-0.15, -0.1) is 0 Å². The predicted molar refractivity (Wildman–Crippen MR) is 76.1 cm³/mol. The fourth-order valence-corrected chi connectivity index (χ4v) is 4.21. The molecule has 0 bridgehead atoms. The number of unbranched alkanes of at least 4 members (excludes halogenated alkanes) is 5. The van der Waals surface area contributed by atoms with Crippen molar-refractivity contribution in [1.29, 1.82) is 0 Å². The zero-order valence-electron chi connectivity index (χ0n) is 12.3. The Labute approximate surface area is 109 Å². The van der Waals surface area contributed by atoms with Crippen molar-refractivity contribution >= 4 is 0 Å². The van der Waals surface area contributed by atoms with Crippen LogP contribution < -0.4 is 0 Å². The van der Waals surface area contributed by atoms with Gasteiger partial charge in [-0.25, -0.2) is 0 Å². The van der Waals surface area contributed by atoms with Crippen LogP contribution in [0.3, 0.4) is 0 Å². The predicted octanol–water partition coefficient (Wildman–Crippen LogP) is 5.81. The standard InChI is InChI=1S/C17H32/c1-4-5-6-7-8-9-10-15-11-16-13-17(16,3)12-14(15)2/h14-16H,4-13H2,1-3H3. The molecule has 4 atom stereocenters. The van der Waals surface area contributed by atoms with Crippen molar-refractivity contribution in [2.75, 3.05) is 0 Å². The van der Waals surface area contributed by atoms with Crippen molar-refractivity contribution in [2.45, 2.75) is 85.0 Å². The molecule has 0 aromatic carbocycles. The summed E-state index contributed by atoms with van der Waals surface area (Å²) in [6, 6.07) is 0. The normalized spacial score (nSPS) is 40.1. The summed E-state index contributed by atoms with van der Waals surface area (Å²) in [7, 11) is 0. The van der Waals surface area contributed by atoms with E-state index in [4.69, 9.17) is 0 Å². The van der Waals surface area contributed by atoms with Crippen LogP contribution in [0.5, 0.6) is 0 Å². The van der Waals surface area contributed by atoms with E-state index < -0.39 is 0 Å². The highest BCUT2D eigenvalue weighted by atomic mass is 14.6. The maximum atomic E-state index is 2.52. The third-order valence-electron chi connectivity index (χ3n) is 5.65. The van der Waals surface area contributed by atoms with Crippen LogP contribution >= 0.6 is 0 Å². The van der Waals surface area contributed by atoms with Gasteiger partial charge in [0.05, 0.1) is 0 Å². The summed E-state index contributed by atoms with van der Waals surface area (Å²) in [4.78, 5) is 0. The molecule has 0 aliphatic heterocycles. The van der Waals surface area contributed by atoms with Gasteiger partial charge in [0.15, 0.2) is 0 Å². The monoisotopic (exact) mass is 236 g/mol. The lowest BCUT2D eigenvalue weighted by Crippen LogP contribution is -2.22. The Kier molecular flexibility index (Phi) is 4.55. The highest BCUT2D eigenvalue weighted by Crippen LogP contribution is 2.64. The Balaban J connectivity index is 1.57. The molecule has 0 radical (unpaired) electrons. The lowest BCUT2D eigenvalue weighted by molar-refractivity contribution is 0.182. The summed E-state index contributed by atoms with van der Waals surface area (Å²) in [5.74, 6) is 3.19. The molecule has 0 saturated heterocycles. The maximum absolute atomic E-state index is 2.52. The molecule has 0 spiro atoms. The Morgan fingerprint density at radius 2 is 1.71 bits per heavy atom. The third kappa shape index (κ3) is 3.48. The van der Waals surface area contributed by atoms with E-state index in [9.17, 15) is 0 Å². The molecule has 0 aromatic rings. The van der Waals surface area contributed by atoms with Crippen molar-refractivity contribution in [1.82, 2.24) is 0 Å². The van der Waals surface area contributed by atoms with Gasteiger partial charge in [-0.2, -0.15) is 0 Å². The Morgan fingerprint density at radius 3 is 2.47 bits per heavy atom. The molecule has 2 saturated carbocycles. The molecule has 0 aromatic heterocycles. The van der Waals surface area contributed by atoms with Gasteiger partial charge in [0.2, 0.25) is 0 Å². The fourth-order valence-electron chi connectivity index (χ4n) is 4.21. The molecule has 0 N–H and O–H groups in total. The number of fused-ring (bicyclic) bond motifs is 1. The first-order valence-corrected chi connectivity index (χ1v) is 8.15. The van der Waals surface area contributed by atoms with Crippen LogP contribution in [0.25, 0.3) is 0 Å². The molecule has 2 aliphatic rings. The van der Waals surface area contributed by atoms with Gasteiger partial charge >= 0.3 is 0 Å². The quantitative estimate of drug-likeness (QED) is 0.489. The van der Waals surface area contributed by atoms with E-state index in [-0.39, 0.29) is 0 Å². The summed E-state index contributed by atoms with van der Waals surface area (Å²) >= 11 is 0. The van der Waals surface area contributed by atoms with Crippen molar-refractivity contribution in [3.05, 3.63) is 0 Å². The molecule has 0 heteroatoms. The first kappa shape index (κ1) is 13.4. The SMILES string of the molecule is CCCCCCCCC1CC2CC2(C)CC1C. The van der Waals surface area contributed by atoms with Crippen LogP contribution in [-0.4, -0.2) is 0 Å². The van der Waals surface area contributed by atoms with E-state index in [1.54, 1.807) is 12.8 Å². The van der Waals surface area contributed by atoms with E-state index in [0.29, 0.717) is 0 Å². The molecule has 4 unspecified atom stereocenters. The molecular formula is C17H32. The van der Waals surface area contributed by atoms with Crippen molar-refractivity contribution in [3.63, 3.8) is 0 Å². The van der Waals surface area contributed by atoms with Crippen LogP contribution in [0.15, 0.2) is 0 Å². The van der Waals surface area contributed by atoms with Crippen molar-refractivity contribution < 1.29 is 0 Å². The number of hydrogen-bond acceptors (Lipinski definition) is 0. The number of rotatable bonds is 7. The smallest absolute Gasteiger partial charge is 0.0292 e. The molecule has 100 valence electrons. The second-order valence-corrected chi connectivity index (χ2v) is 7.29. The second-order valence-electron chi connectivity index (χ2n) is 7.29. The minimum Gasteiger partial charge on any atom is -0.0654 e. The molecular weight excluding hydrogens is 204 g/mol. The van der Waals surface area contributed by atoms with Crippen LogP contribution in [0.2, 0.25) is 0 Å². The Bertz CT molecular complexity index is 232. The van der Waals surface area contributed by atoms with Crippen LogP contribution in [0.4, 0.5) is 0 Å². The summed E-state index contributed by atoms with van der Waals surface area (Å²) in [5, 5.41) is 0. The van der Waals surface area contributed by atoms with Gasteiger partial charge in [0.25, 0.3) is 0 Å². The van der Waals surface area contributed by atoms with Gasteiger partial charge < -0.3 is 0 Å². The Morgan fingerprint density at radius 1 is 1.00 bits per heavy atom. The number of hydrogen-bond donors (Lipinski definition) is 0. The van der Waals surface area contributed by atoms with E-state index >= 15 is 0 Å². The van der Waals surface area contributed by atoms with Crippen molar-refractivity contribution in [2.24, 2.45) is 23.2 Å². The highest BCUT2D eigenvalue weighted by Gasteiger charge is 2.54. The maximum Gasteiger partial charge on any atom is -0.0292 e. The summed E-state index contributed by atoms with van der Waals surface area (Å²) in [6.07, 6.45) is 14.9. The van der Waals surface area contributed by atoms with Gasteiger partial charge in [-0.05, 0) is 42.4 Å². The fraction of sp³-hybridized carbons (Fsp3) is 1.00. The zero-order chi connectivity index (χ0) is 12.3. The molecule has 2 fully saturated rings. The van der Waals surface area contributed by atoms with Gasteiger partial charge in [0.1, 0.15) is 0 Å².